The molecule has 3 aliphatic heterocycles. The smallest absolute Gasteiger partial charge is 0.0733 e. The Morgan fingerprint density at radius 2 is 0.641 bits per heavy atom. The molecule has 0 fully saturated rings. The van der Waals surface area contributed by atoms with E-state index in [2.05, 4.69) is 140 Å². The number of hydrogen-bond acceptors (Lipinski definition) is 0. The van der Waals surface area contributed by atoms with Crippen LogP contribution in [-0.4, -0.2) is 20.1 Å². The first kappa shape index (κ1) is 21.4. The molecule has 0 saturated carbocycles. The fraction of sp³-hybridized carbons (Fsp3) is 0. The first-order valence-corrected chi connectivity index (χ1v) is 14.0. The predicted octanol–water partition coefficient (Wildman–Crippen LogP) is 1.51. The van der Waals surface area contributed by atoms with Gasteiger partial charge in [-0.3, -0.25) is 0 Å². The monoisotopic (exact) mass is 488 g/mol. The standard InChI is InChI=1S/C36H23B3/c1-2-12-24(13-3-1)37-31-20-8-9-21-32(31)38-29-18-6-4-14-25(29)28-17-11-23-34(36(28)38)39-30-19-7-5-15-26(30)27-16-10-22-33(37)35(27)39/h1-23H. The van der Waals surface area contributed by atoms with E-state index in [1.807, 2.05) is 0 Å². The van der Waals surface area contributed by atoms with Crippen LogP contribution in [0.15, 0.2) is 140 Å². The Morgan fingerprint density at radius 1 is 0.256 bits per heavy atom. The van der Waals surface area contributed by atoms with Crippen LogP contribution in [0.5, 0.6) is 0 Å². The molecule has 0 nitrogen and oxygen atoms in total. The summed E-state index contributed by atoms with van der Waals surface area (Å²) in [5.74, 6) is 0. The Labute approximate surface area is 230 Å². The predicted molar refractivity (Wildman–Crippen MR) is 171 cm³/mol. The lowest BCUT2D eigenvalue weighted by atomic mass is 9.29. The van der Waals surface area contributed by atoms with Crippen molar-refractivity contribution in [3.05, 3.63) is 140 Å². The van der Waals surface area contributed by atoms with E-state index in [0.717, 1.165) is 0 Å². The van der Waals surface area contributed by atoms with Crippen molar-refractivity contribution in [3.8, 4) is 22.3 Å². The molecule has 0 bridgehead atoms. The van der Waals surface area contributed by atoms with Gasteiger partial charge in [-0.25, -0.2) is 0 Å². The van der Waals surface area contributed by atoms with E-state index in [0.29, 0.717) is 0 Å². The van der Waals surface area contributed by atoms with E-state index in [4.69, 9.17) is 0 Å². The summed E-state index contributed by atoms with van der Waals surface area (Å²) < 4.78 is 0. The number of hydrogen-bond donors (Lipinski definition) is 0. The van der Waals surface area contributed by atoms with Gasteiger partial charge in [0.25, 0.3) is 0 Å². The number of rotatable bonds is 1. The fourth-order valence-electron chi connectivity index (χ4n) is 7.94. The molecule has 0 aromatic heterocycles. The maximum Gasteiger partial charge on any atom is 0.241 e. The van der Waals surface area contributed by atoms with Crippen LogP contribution in [0.4, 0.5) is 0 Å². The molecule has 0 atom stereocenters. The van der Waals surface area contributed by atoms with Crippen LogP contribution in [0, 0.1) is 0 Å². The number of benzene rings is 6. The van der Waals surface area contributed by atoms with Crippen molar-refractivity contribution in [2.75, 3.05) is 0 Å². The highest BCUT2D eigenvalue weighted by molar-refractivity contribution is 7.14. The fourth-order valence-corrected chi connectivity index (χ4v) is 7.94. The van der Waals surface area contributed by atoms with Gasteiger partial charge in [-0.15, -0.1) is 0 Å². The summed E-state index contributed by atoms with van der Waals surface area (Å²) in [4.78, 5) is 0. The molecule has 6 aromatic carbocycles. The molecule has 0 N–H and O–H groups in total. The molecule has 176 valence electrons. The lowest BCUT2D eigenvalue weighted by molar-refractivity contribution is 1.71. The third-order valence-electron chi connectivity index (χ3n) is 9.35. The molecule has 0 spiro atoms. The zero-order chi connectivity index (χ0) is 25.5. The first-order chi connectivity index (χ1) is 19.4. The average Bonchev–Trinajstić information content (AvgIpc) is 3.53. The Balaban J connectivity index is 1.50. The average molecular weight is 488 g/mol. The normalized spacial score (nSPS) is 13.5. The van der Waals surface area contributed by atoms with Crippen molar-refractivity contribution >= 4 is 69.3 Å². The zero-order valence-corrected chi connectivity index (χ0v) is 21.5. The van der Waals surface area contributed by atoms with Crippen molar-refractivity contribution in [3.63, 3.8) is 0 Å². The summed E-state index contributed by atoms with van der Waals surface area (Å²) in [6.45, 7) is 0.569. The van der Waals surface area contributed by atoms with E-state index < -0.39 is 0 Å². The van der Waals surface area contributed by atoms with Gasteiger partial charge in [0, 0.05) is 0 Å². The Kier molecular flexibility index (Phi) is 4.40. The van der Waals surface area contributed by atoms with Crippen molar-refractivity contribution < 1.29 is 0 Å². The van der Waals surface area contributed by atoms with Gasteiger partial charge >= 0.3 is 0 Å². The van der Waals surface area contributed by atoms with Gasteiger partial charge in [-0.1, -0.05) is 189 Å². The minimum absolute atomic E-state index is 0.152. The van der Waals surface area contributed by atoms with Crippen LogP contribution < -0.4 is 49.2 Å². The van der Waals surface area contributed by atoms with Crippen molar-refractivity contribution in [2.24, 2.45) is 0 Å². The van der Waals surface area contributed by atoms with Crippen molar-refractivity contribution in [1.82, 2.24) is 0 Å². The Morgan fingerprint density at radius 3 is 1.23 bits per heavy atom. The quantitative estimate of drug-likeness (QED) is 0.308. The van der Waals surface area contributed by atoms with Crippen molar-refractivity contribution in [2.45, 2.75) is 0 Å². The summed E-state index contributed by atoms with van der Waals surface area (Å²) in [5.41, 5.74) is 18.4. The van der Waals surface area contributed by atoms with Crippen molar-refractivity contribution in [1.29, 1.82) is 0 Å². The molecule has 3 heterocycles. The maximum atomic E-state index is 2.41. The van der Waals surface area contributed by atoms with E-state index >= 15 is 0 Å². The molecule has 3 aliphatic rings. The largest absolute Gasteiger partial charge is 0.241 e. The van der Waals surface area contributed by atoms with Gasteiger partial charge < -0.3 is 0 Å². The summed E-state index contributed by atoms with van der Waals surface area (Å²) in [6, 6.07) is 52.7. The molecule has 6 aromatic rings. The summed E-state index contributed by atoms with van der Waals surface area (Å²) in [5, 5.41) is 0. The molecule has 9 rings (SSSR count). The lowest BCUT2D eigenvalue weighted by Crippen LogP contribution is -2.65. The third-order valence-corrected chi connectivity index (χ3v) is 9.35. The van der Waals surface area contributed by atoms with Gasteiger partial charge in [-0.2, -0.15) is 0 Å². The highest BCUT2D eigenvalue weighted by Gasteiger charge is 2.45. The summed E-state index contributed by atoms with van der Waals surface area (Å²) in [6.07, 6.45) is 0. The van der Waals surface area contributed by atoms with Gasteiger partial charge in [0.05, 0.1) is 0 Å². The van der Waals surface area contributed by atoms with E-state index in [-0.39, 0.29) is 20.1 Å². The van der Waals surface area contributed by atoms with Gasteiger partial charge in [-0.05, 0) is 22.3 Å². The highest BCUT2D eigenvalue weighted by atomic mass is 14.2. The lowest BCUT2D eigenvalue weighted by Gasteiger charge is -2.23. The van der Waals surface area contributed by atoms with E-state index in [1.165, 1.54) is 71.4 Å². The molecule has 39 heavy (non-hydrogen) atoms. The van der Waals surface area contributed by atoms with Gasteiger partial charge in [0.15, 0.2) is 0 Å². The maximum absolute atomic E-state index is 2.41. The summed E-state index contributed by atoms with van der Waals surface area (Å²) >= 11 is 0. The second kappa shape index (κ2) is 8.01. The minimum atomic E-state index is 0.152. The molecule has 0 aliphatic carbocycles. The zero-order valence-electron chi connectivity index (χ0n) is 21.5. The molecule has 0 saturated heterocycles. The minimum Gasteiger partial charge on any atom is -0.0733 e. The van der Waals surface area contributed by atoms with Crippen LogP contribution >= 0.6 is 0 Å². The Hall–Kier alpha value is -4.49. The van der Waals surface area contributed by atoms with Gasteiger partial charge in [0.1, 0.15) is 0 Å². The van der Waals surface area contributed by atoms with E-state index in [1.54, 1.807) is 0 Å². The third kappa shape index (κ3) is 2.83. The number of fused-ring (bicyclic) bond motifs is 9. The molecule has 0 amide bonds. The van der Waals surface area contributed by atoms with Crippen LogP contribution in [0.2, 0.25) is 0 Å². The second-order valence-electron chi connectivity index (χ2n) is 11.1. The molecule has 3 heteroatoms. The highest BCUT2D eigenvalue weighted by Crippen LogP contribution is 2.26. The van der Waals surface area contributed by atoms with E-state index in [9.17, 15) is 0 Å². The molecule has 0 unspecified atom stereocenters. The Bertz CT molecular complexity index is 1940. The first-order valence-electron chi connectivity index (χ1n) is 14.0. The summed E-state index contributed by atoms with van der Waals surface area (Å²) in [7, 11) is 0. The SMILES string of the molecule is c1ccc(B2c3ccccc3B3c4ccccc4-c4cccc(c43)B3c4ccccc4-c4cccc2c43)cc1. The van der Waals surface area contributed by atoms with Crippen LogP contribution in [-0.2, 0) is 0 Å². The van der Waals surface area contributed by atoms with Gasteiger partial charge in [0.2, 0.25) is 20.1 Å². The van der Waals surface area contributed by atoms with Crippen LogP contribution in [0.3, 0.4) is 0 Å². The second-order valence-corrected chi connectivity index (χ2v) is 11.1. The molecular formula is C36H23B3. The molecule has 0 radical (unpaired) electrons. The van der Waals surface area contributed by atoms with Crippen LogP contribution in [0.1, 0.15) is 0 Å². The molecular weight excluding hydrogens is 465 g/mol. The van der Waals surface area contributed by atoms with Crippen LogP contribution in [0.25, 0.3) is 22.3 Å². The topological polar surface area (TPSA) is 0 Å².